The summed E-state index contributed by atoms with van der Waals surface area (Å²) >= 11 is 5.99. The number of para-hydroxylation sites is 1. The Bertz CT molecular complexity index is 746. The number of aryl methyl sites for hydroxylation is 1. The van der Waals surface area contributed by atoms with Crippen LogP contribution in [0.5, 0.6) is 0 Å². The van der Waals surface area contributed by atoms with E-state index in [1.807, 2.05) is 36.4 Å². The van der Waals surface area contributed by atoms with Crippen LogP contribution in [0.4, 0.5) is 5.69 Å². The fourth-order valence-electron chi connectivity index (χ4n) is 2.36. The van der Waals surface area contributed by atoms with Gasteiger partial charge in [-0.3, -0.25) is 0 Å². The highest BCUT2D eigenvalue weighted by molar-refractivity contribution is 6.33. The number of hydrogen-bond acceptors (Lipinski definition) is 2. The number of fused-ring (bicyclic) bond motifs is 1. The molecule has 0 fully saturated rings. The first-order valence-corrected chi connectivity index (χ1v) is 6.64. The second-order valence-electron chi connectivity index (χ2n) is 4.49. The van der Waals surface area contributed by atoms with Crippen molar-refractivity contribution in [2.75, 3.05) is 5.73 Å². The minimum atomic E-state index is 0.578. The molecule has 3 heteroatoms. The third-order valence-corrected chi connectivity index (χ3v) is 3.62. The molecule has 0 saturated heterocycles. The number of anilines is 1. The summed E-state index contributed by atoms with van der Waals surface area (Å²) in [6.45, 7) is 2.08. The molecule has 1 heterocycles. The van der Waals surface area contributed by atoms with E-state index in [1.165, 1.54) is 0 Å². The smallest absolute Gasteiger partial charge is 0.134 e. The maximum Gasteiger partial charge on any atom is 0.134 e. The van der Waals surface area contributed by atoms with Crippen molar-refractivity contribution in [1.29, 1.82) is 0 Å². The molecular formula is C16H14ClNO. The van der Waals surface area contributed by atoms with Gasteiger partial charge in [-0.25, -0.2) is 0 Å². The average Bonchev–Trinajstić information content (AvgIpc) is 2.80. The van der Waals surface area contributed by atoms with Gasteiger partial charge in [0.25, 0.3) is 0 Å². The van der Waals surface area contributed by atoms with Crippen LogP contribution in [0.3, 0.4) is 0 Å². The monoisotopic (exact) mass is 271 g/mol. The van der Waals surface area contributed by atoms with E-state index >= 15 is 0 Å². The predicted molar refractivity (Wildman–Crippen MR) is 80.5 cm³/mol. The van der Waals surface area contributed by atoms with E-state index in [-0.39, 0.29) is 0 Å². The summed E-state index contributed by atoms with van der Waals surface area (Å²) in [6.07, 6.45) is 0.840. The largest absolute Gasteiger partial charge is 0.460 e. The molecule has 0 saturated carbocycles. The van der Waals surface area contributed by atoms with Crippen LogP contribution in [0.15, 0.2) is 46.9 Å². The Hall–Kier alpha value is -1.93. The van der Waals surface area contributed by atoms with E-state index in [4.69, 9.17) is 21.8 Å². The van der Waals surface area contributed by atoms with Gasteiger partial charge < -0.3 is 10.2 Å². The van der Waals surface area contributed by atoms with Gasteiger partial charge in [0.05, 0.1) is 10.7 Å². The lowest BCUT2D eigenvalue weighted by Gasteiger charge is -2.04. The van der Waals surface area contributed by atoms with Crippen LogP contribution in [0.25, 0.3) is 22.1 Å². The molecule has 2 aromatic carbocycles. The molecule has 3 aromatic rings. The number of furan rings is 1. The molecule has 19 heavy (non-hydrogen) atoms. The molecule has 0 amide bonds. The van der Waals surface area contributed by atoms with Gasteiger partial charge >= 0.3 is 0 Å². The lowest BCUT2D eigenvalue weighted by atomic mass is 10.0. The van der Waals surface area contributed by atoms with Crippen molar-refractivity contribution in [3.8, 4) is 11.1 Å². The van der Waals surface area contributed by atoms with E-state index in [0.717, 1.165) is 34.3 Å². The summed E-state index contributed by atoms with van der Waals surface area (Å²) in [5.74, 6) is 0.975. The lowest BCUT2D eigenvalue weighted by molar-refractivity contribution is 0.558. The molecule has 2 N–H and O–H groups in total. The molecule has 96 valence electrons. The van der Waals surface area contributed by atoms with Gasteiger partial charge in [0, 0.05) is 17.4 Å². The van der Waals surface area contributed by atoms with Gasteiger partial charge in [0.1, 0.15) is 11.3 Å². The summed E-state index contributed by atoms with van der Waals surface area (Å²) in [5.41, 5.74) is 9.55. The number of nitrogens with two attached hydrogens (primary N) is 1. The van der Waals surface area contributed by atoms with Gasteiger partial charge in [0.15, 0.2) is 0 Å². The SMILES string of the molecule is CCc1oc2ccccc2c1-c1ccc(Cl)c(N)c1. The lowest BCUT2D eigenvalue weighted by Crippen LogP contribution is -1.88. The van der Waals surface area contributed by atoms with Crippen molar-refractivity contribution in [2.24, 2.45) is 0 Å². The number of hydrogen-bond donors (Lipinski definition) is 1. The number of rotatable bonds is 2. The average molecular weight is 272 g/mol. The Kier molecular flexibility index (Phi) is 2.96. The maximum atomic E-state index is 5.99. The van der Waals surface area contributed by atoms with Gasteiger partial charge in [0.2, 0.25) is 0 Å². The fourth-order valence-corrected chi connectivity index (χ4v) is 2.48. The Labute approximate surface area is 116 Å². The van der Waals surface area contributed by atoms with Gasteiger partial charge in [-0.15, -0.1) is 0 Å². The van der Waals surface area contributed by atoms with Crippen molar-refractivity contribution in [1.82, 2.24) is 0 Å². The van der Waals surface area contributed by atoms with Crippen molar-refractivity contribution >= 4 is 28.3 Å². The number of nitrogen functional groups attached to an aromatic ring is 1. The maximum absolute atomic E-state index is 5.99. The second kappa shape index (κ2) is 4.63. The van der Waals surface area contributed by atoms with Crippen LogP contribution in [-0.2, 0) is 6.42 Å². The zero-order chi connectivity index (χ0) is 13.4. The normalized spacial score (nSPS) is 11.1. The second-order valence-corrected chi connectivity index (χ2v) is 4.89. The highest BCUT2D eigenvalue weighted by Crippen LogP contribution is 2.37. The first-order chi connectivity index (χ1) is 9.20. The summed E-state index contributed by atoms with van der Waals surface area (Å²) in [4.78, 5) is 0. The molecule has 0 spiro atoms. The molecule has 0 aliphatic carbocycles. The first kappa shape index (κ1) is 12.1. The topological polar surface area (TPSA) is 39.2 Å². The molecule has 0 atom stereocenters. The highest BCUT2D eigenvalue weighted by atomic mass is 35.5. The van der Waals surface area contributed by atoms with Crippen LogP contribution < -0.4 is 5.73 Å². The van der Waals surface area contributed by atoms with Crippen LogP contribution in [0.1, 0.15) is 12.7 Å². The zero-order valence-corrected chi connectivity index (χ0v) is 11.4. The molecule has 0 aliphatic heterocycles. The number of benzene rings is 2. The standard InChI is InChI=1S/C16H14ClNO/c1-2-14-16(10-7-8-12(17)13(18)9-10)11-5-3-4-6-15(11)19-14/h3-9H,2,18H2,1H3. The minimum Gasteiger partial charge on any atom is -0.460 e. The Balaban J connectivity index is 2.31. The van der Waals surface area contributed by atoms with E-state index in [9.17, 15) is 0 Å². The number of halogens is 1. The van der Waals surface area contributed by atoms with Crippen LogP contribution in [0, 0.1) is 0 Å². The van der Waals surface area contributed by atoms with Crippen LogP contribution in [-0.4, -0.2) is 0 Å². The van der Waals surface area contributed by atoms with Crippen molar-refractivity contribution in [3.63, 3.8) is 0 Å². The van der Waals surface area contributed by atoms with Crippen LogP contribution >= 0.6 is 11.6 Å². The first-order valence-electron chi connectivity index (χ1n) is 6.26. The predicted octanol–water partition coefficient (Wildman–Crippen LogP) is 4.90. The molecule has 0 aliphatic rings. The highest BCUT2D eigenvalue weighted by Gasteiger charge is 2.14. The molecule has 0 radical (unpaired) electrons. The zero-order valence-electron chi connectivity index (χ0n) is 10.6. The Morgan fingerprint density at radius 2 is 1.95 bits per heavy atom. The molecule has 0 bridgehead atoms. The van der Waals surface area contributed by atoms with Gasteiger partial charge in [-0.1, -0.05) is 42.8 Å². The third-order valence-electron chi connectivity index (χ3n) is 3.27. The van der Waals surface area contributed by atoms with Crippen molar-refractivity contribution in [3.05, 3.63) is 53.2 Å². The molecule has 3 rings (SSSR count). The van der Waals surface area contributed by atoms with E-state index < -0.39 is 0 Å². The van der Waals surface area contributed by atoms with Crippen molar-refractivity contribution in [2.45, 2.75) is 13.3 Å². The molecule has 1 aromatic heterocycles. The summed E-state index contributed by atoms with van der Waals surface area (Å²) < 4.78 is 5.90. The van der Waals surface area contributed by atoms with E-state index in [0.29, 0.717) is 10.7 Å². The summed E-state index contributed by atoms with van der Waals surface area (Å²) in [6, 6.07) is 13.8. The minimum absolute atomic E-state index is 0.578. The Morgan fingerprint density at radius 3 is 2.68 bits per heavy atom. The van der Waals surface area contributed by atoms with E-state index in [1.54, 1.807) is 0 Å². The van der Waals surface area contributed by atoms with Gasteiger partial charge in [-0.2, -0.15) is 0 Å². The fraction of sp³-hybridized carbons (Fsp3) is 0.125. The van der Waals surface area contributed by atoms with Crippen molar-refractivity contribution < 1.29 is 4.42 Å². The van der Waals surface area contributed by atoms with Gasteiger partial charge in [-0.05, 0) is 23.8 Å². The third kappa shape index (κ3) is 1.98. The summed E-state index contributed by atoms with van der Waals surface area (Å²) in [7, 11) is 0. The summed E-state index contributed by atoms with van der Waals surface area (Å²) in [5, 5.41) is 1.69. The molecular weight excluding hydrogens is 258 g/mol. The molecule has 0 unspecified atom stereocenters. The Morgan fingerprint density at radius 1 is 1.16 bits per heavy atom. The molecule has 2 nitrogen and oxygen atoms in total. The quantitative estimate of drug-likeness (QED) is 0.674. The van der Waals surface area contributed by atoms with Crippen LogP contribution in [0.2, 0.25) is 5.02 Å². The van der Waals surface area contributed by atoms with E-state index in [2.05, 4.69) is 13.0 Å².